The summed E-state index contributed by atoms with van der Waals surface area (Å²) in [5, 5.41) is 24.3. The van der Waals surface area contributed by atoms with Gasteiger partial charge in [-0.15, -0.1) is 22.7 Å². The highest BCUT2D eigenvalue weighted by molar-refractivity contribution is 7.15. The molecule has 0 aliphatic heterocycles. The third-order valence-corrected chi connectivity index (χ3v) is 7.76. The van der Waals surface area contributed by atoms with Crippen molar-refractivity contribution in [2.45, 2.75) is 76.8 Å². The summed E-state index contributed by atoms with van der Waals surface area (Å²) in [6.45, 7) is 0. The van der Waals surface area contributed by atoms with Crippen LogP contribution in [0.5, 0.6) is 0 Å². The van der Waals surface area contributed by atoms with Gasteiger partial charge in [0.25, 0.3) is 0 Å². The highest BCUT2D eigenvalue weighted by Gasteiger charge is 2.28. The lowest BCUT2D eigenvalue weighted by Crippen LogP contribution is -2.00. The van der Waals surface area contributed by atoms with Gasteiger partial charge in [-0.3, -0.25) is 0 Å². The third-order valence-electron chi connectivity index (χ3n) is 5.20. The monoisotopic (exact) mass is 426 g/mol. The van der Waals surface area contributed by atoms with Crippen molar-refractivity contribution in [3.63, 3.8) is 0 Å². The van der Waals surface area contributed by atoms with Gasteiger partial charge in [0.05, 0.1) is 21.2 Å². The molecule has 6 rings (SSSR count). The van der Waals surface area contributed by atoms with Crippen LogP contribution in [0.1, 0.15) is 96.5 Å². The molecule has 0 atom stereocenters. The Labute approximate surface area is 190 Å². The molecule has 28 heavy (non-hydrogen) atoms. The molecule has 148 valence electrons. The SMILES string of the molecule is [2H]C1([2H])Cc2sc3c(c2C([2H])([2H])C1([2H])[2H])CC/C3=N\O.[2H]C1([2H])Cc2sc3c(c2C([2H])([2H])C1([2H])[2H])CC/C3=N\O. The molecule has 0 unspecified atom stereocenters. The van der Waals surface area contributed by atoms with Crippen molar-refractivity contribution in [3.8, 4) is 0 Å². The van der Waals surface area contributed by atoms with E-state index in [4.69, 9.17) is 26.9 Å². The lowest BCUT2D eigenvalue weighted by atomic mass is 9.95. The average molecular weight is 427 g/mol. The van der Waals surface area contributed by atoms with E-state index in [2.05, 4.69) is 10.3 Å². The summed E-state index contributed by atoms with van der Waals surface area (Å²) in [7, 11) is 0. The zero-order valence-electron chi connectivity index (χ0n) is 26.8. The Morgan fingerprint density at radius 1 is 0.607 bits per heavy atom. The van der Waals surface area contributed by atoms with E-state index in [9.17, 15) is 0 Å². The van der Waals surface area contributed by atoms with Gasteiger partial charge in [0.1, 0.15) is 0 Å². The standard InChI is InChI=1S/2C11H13NOS/c2*13-12-9-6-5-8-7-3-1-2-4-10(7)14-11(8)9/h2*13H,1-6H2/b2*12-9+/i2*1D2,2D2,3D2. The Balaban J connectivity index is 0.000000161. The fourth-order valence-electron chi connectivity index (χ4n) is 3.88. The van der Waals surface area contributed by atoms with Gasteiger partial charge in [-0.1, -0.05) is 10.3 Å². The molecule has 4 aliphatic rings. The van der Waals surface area contributed by atoms with Crippen molar-refractivity contribution >= 4 is 34.1 Å². The Hall–Kier alpha value is -1.66. The molecule has 0 saturated heterocycles. The van der Waals surface area contributed by atoms with E-state index in [0.717, 1.165) is 0 Å². The summed E-state index contributed by atoms with van der Waals surface area (Å²) in [6.07, 6.45) is -12.8. The van der Waals surface area contributed by atoms with Gasteiger partial charge < -0.3 is 10.4 Å². The number of fused-ring (bicyclic) bond motifs is 6. The Morgan fingerprint density at radius 2 is 1.07 bits per heavy atom. The number of nitrogens with zero attached hydrogens (tertiary/aromatic N) is 2. The fraction of sp³-hybridized carbons (Fsp3) is 0.545. The van der Waals surface area contributed by atoms with Gasteiger partial charge in [0.2, 0.25) is 0 Å². The molecule has 0 fully saturated rings. The maximum absolute atomic E-state index is 8.96. The van der Waals surface area contributed by atoms with E-state index in [0.29, 0.717) is 67.7 Å². The normalized spacial score (nSPS) is 39.6. The van der Waals surface area contributed by atoms with E-state index in [1.54, 1.807) is 0 Å². The van der Waals surface area contributed by atoms with Gasteiger partial charge in [-0.25, -0.2) is 0 Å². The Morgan fingerprint density at radius 3 is 1.50 bits per heavy atom. The number of thiophene rings is 2. The minimum absolute atomic E-state index is 0.148. The second-order valence-electron chi connectivity index (χ2n) is 6.72. The fourth-order valence-corrected chi connectivity index (χ4v) is 6.39. The largest absolute Gasteiger partial charge is 0.411 e. The van der Waals surface area contributed by atoms with Crippen molar-refractivity contribution in [2.75, 3.05) is 0 Å². The van der Waals surface area contributed by atoms with E-state index in [1.165, 1.54) is 22.7 Å². The van der Waals surface area contributed by atoms with Crippen molar-refractivity contribution in [2.24, 2.45) is 10.3 Å². The highest BCUT2D eigenvalue weighted by Crippen LogP contribution is 2.40. The maximum atomic E-state index is 8.96. The summed E-state index contributed by atoms with van der Waals surface area (Å²) in [5.74, 6) is 0. The minimum atomic E-state index is -2.60. The van der Waals surface area contributed by atoms with Gasteiger partial charge in [0, 0.05) is 26.2 Å². The summed E-state index contributed by atoms with van der Waals surface area (Å²) in [4.78, 5) is 2.41. The van der Waals surface area contributed by atoms with Crippen molar-refractivity contribution in [1.29, 1.82) is 0 Å². The molecule has 6 heteroatoms. The van der Waals surface area contributed by atoms with E-state index in [1.807, 2.05) is 0 Å². The molecule has 0 spiro atoms. The van der Waals surface area contributed by atoms with Crippen LogP contribution < -0.4 is 0 Å². The molecular weight excluding hydrogens is 388 g/mol. The van der Waals surface area contributed by atoms with E-state index < -0.39 is 38.2 Å². The molecule has 2 aromatic rings. The van der Waals surface area contributed by atoms with Crippen LogP contribution in [-0.4, -0.2) is 21.8 Å². The highest BCUT2D eigenvalue weighted by atomic mass is 32.1. The van der Waals surface area contributed by atoms with E-state index in [-0.39, 0.29) is 24.0 Å². The van der Waals surface area contributed by atoms with Gasteiger partial charge in [-0.05, 0) is 99.0 Å². The number of rotatable bonds is 0. The second-order valence-corrected chi connectivity index (χ2v) is 8.93. The van der Waals surface area contributed by atoms with Crippen LogP contribution in [0.2, 0.25) is 0 Å². The first-order valence-electron chi connectivity index (χ1n) is 15.0. The molecule has 2 heterocycles. The molecule has 4 aliphatic carbocycles. The molecule has 0 bridgehead atoms. The molecule has 4 nitrogen and oxygen atoms in total. The lowest BCUT2D eigenvalue weighted by molar-refractivity contribution is 0.318. The van der Waals surface area contributed by atoms with Crippen LogP contribution in [-0.2, 0) is 38.4 Å². The second kappa shape index (κ2) is 7.64. The molecule has 0 aromatic carbocycles. The number of aryl methyl sites for hydroxylation is 2. The van der Waals surface area contributed by atoms with Crippen molar-refractivity contribution in [1.82, 2.24) is 0 Å². The predicted octanol–water partition coefficient (Wildman–Crippen LogP) is 5.50. The zero-order valence-corrected chi connectivity index (χ0v) is 16.5. The molecule has 2 aromatic heterocycles. The number of hydrogen-bond donors (Lipinski definition) is 2. The first-order valence-corrected chi connectivity index (χ1v) is 10.6. The molecule has 0 amide bonds. The van der Waals surface area contributed by atoms with Crippen LogP contribution in [0.4, 0.5) is 0 Å². The Kier molecular flexibility index (Phi) is 2.57. The van der Waals surface area contributed by atoms with Crippen molar-refractivity contribution < 1.29 is 26.9 Å². The van der Waals surface area contributed by atoms with Gasteiger partial charge >= 0.3 is 0 Å². The first kappa shape index (κ1) is 9.43. The smallest absolute Gasteiger partial charge is 0.0973 e. The number of hydrogen-bond acceptors (Lipinski definition) is 6. The molecule has 0 radical (unpaired) electrons. The summed E-state index contributed by atoms with van der Waals surface area (Å²) in [5.41, 5.74) is 2.88. The summed E-state index contributed by atoms with van der Waals surface area (Å²) < 4.78 is 95.5. The minimum Gasteiger partial charge on any atom is -0.411 e. The zero-order chi connectivity index (χ0) is 29.8. The predicted molar refractivity (Wildman–Crippen MR) is 115 cm³/mol. The van der Waals surface area contributed by atoms with E-state index >= 15 is 0 Å². The summed E-state index contributed by atoms with van der Waals surface area (Å²) in [6, 6.07) is 0. The average Bonchev–Trinajstić information content (AvgIpc) is 3.56. The molecule has 0 saturated carbocycles. The maximum Gasteiger partial charge on any atom is 0.0973 e. The van der Waals surface area contributed by atoms with Crippen LogP contribution in [0.25, 0.3) is 0 Å². The lowest BCUT2D eigenvalue weighted by Gasteiger charge is -2.11. The topological polar surface area (TPSA) is 65.2 Å². The third kappa shape index (κ3) is 3.01. The van der Waals surface area contributed by atoms with Crippen LogP contribution in [0, 0.1) is 0 Å². The number of oxime groups is 2. The Bertz CT molecular complexity index is 1350. The summed E-state index contributed by atoms with van der Waals surface area (Å²) >= 11 is 2.45. The van der Waals surface area contributed by atoms with Crippen LogP contribution >= 0.6 is 22.7 Å². The van der Waals surface area contributed by atoms with Gasteiger partial charge in [0.15, 0.2) is 0 Å². The quantitative estimate of drug-likeness (QED) is 0.431. The van der Waals surface area contributed by atoms with Crippen molar-refractivity contribution in [3.05, 3.63) is 41.8 Å². The van der Waals surface area contributed by atoms with Crippen LogP contribution in [0.3, 0.4) is 0 Å². The first-order chi connectivity index (χ1) is 18.3. The molecule has 2 N–H and O–H groups in total. The van der Waals surface area contributed by atoms with Gasteiger partial charge in [-0.2, -0.15) is 0 Å². The van der Waals surface area contributed by atoms with Crippen LogP contribution in [0.15, 0.2) is 10.3 Å². The molecular formula is C22H26N2O2S2.